The van der Waals surface area contributed by atoms with E-state index in [1.54, 1.807) is 0 Å². The average Bonchev–Trinajstić information content (AvgIpc) is 3.67. The molecule has 0 fully saturated rings. The van der Waals surface area contributed by atoms with E-state index in [1.165, 1.54) is 104 Å². The lowest BCUT2D eigenvalue weighted by Gasteiger charge is -2.26. The second-order valence-electron chi connectivity index (χ2n) is 15.7. The Hall–Kier alpha value is -7.68. The summed E-state index contributed by atoms with van der Waals surface area (Å²) in [6.45, 7) is 0. The summed E-state index contributed by atoms with van der Waals surface area (Å²) in [5.74, 6) is 0. The molecule has 1 atom stereocenters. The zero-order chi connectivity index (χ0) is 38.9. The molecule has 2 heteroatoms. The topological polar surface area (TPSA) is 17.0 Å². The highest BCUT2D eigenvalue weighted by molar-refractivity contribution is 6.38. The third-order valence-electron chi connectivity index (χ3n) is 12.4. The van der Waals surface area contributed by atoms with Crippen molar-refractivity contribution in [3.05, 3.63) is 235 Å². The van der Waals surface area contributed by atoms with Gasteiger partial charge in [-0.2, -0.15) is 0 Å². The number of fused-ring (bicyclic) bond motifs is 11. The van der Waals surface area contributed by atoms with Crippen molar-refractivity contribution in [3.8, 4) is 16.8 Å². The predicted molar refractivity (Wildman–Crippen MR) is 251 cm³/mol. The molecular formula is C57H38N2. The molecule has 0 amide bonds. The Labute approximate surface area is 342 Å². The van der Waals surface area contributed by atoms with E-state index >= 15 is 0 Å². The normalized spacial score (nSPS) is 14.3. The fourth-order valence-electron chi connectivity index (χ4n) is 9.63. The van der Waals surface area contributed by atoms with Gasteiger partial charge in [-0.15, -0.1) is 0 Å². The van der Waals surface area contributed by atoms with Gasteiger partial charge in [0.25, 0.3) is 0 Å². The molecular weight excluding hydrogens is 713 g/mol. The predicted octanol–water partition coefficient (Wildman–Crippen LogP) is 14.8. The molecule has 1 aliphatic heterocycles. The molecule has 0 radical (unpaired) electrons. The van der Waals surface area contributed by atoms with Crippen molar-refractivity contribution < 1.29 is 0 Å². The van der Waals surface area contributed by atoms with Crippen LogP contribution >= 0.6 is 0 Å². The molecule has 2 nitrogen and oxygen atoms in total. The van der Waals surface area contributed by atoms with Crippen LogP contribution < -0.4 is 5.32 Å². The smallest absolute Gasteiger partial charge is 0.0707 e. The Bertz CT molecular complexity index is 3500. The molecule has 276 valence electrons. The van der Waals surface area contributed by atoms with Gasteiger partial charge in [0, 0.05) is 32.9 Å². The molecule has 1 unspecified atom stereocenters. The first kappa shape index (κ1) is 33.5. The van der Waals surface area contributed by atoms with Crippen LogP contribution in [0.15, 0.2) is 218 Å². The molecule has 0 aliphatic carbocycles. The van der Waals surface area contributed by atoms with Gasteiger partial charge in [-0.05, 0) is 108 Å². The lowest BCUT2D eigenvalue weighted by molar-refractivity contribution is 0.767. The summed E-state index contributed by atoms with van der Waals surface area (Å²) in [5.41, 5.74) is 12.0. The number of benzene rings is 10. The van der Waals surface area contributed by atoms with Gasteiger partial charge in [0.15, 0.2) is 0 Å². The number of rotatable bonds is 5. The van der Waals surface area contributed by atoms with Crippen LogP contribution in [0.5, 0.6) is 0 Å². The lowest BCUT2D eigenvalue weighted by atomic mass is 9.88. The highest BCUT2D eigenvalue weighted by Gasteiger charge is 2.23. The number of hydrogen-bond donors (Lipinski definition) is 1. The molecule has 59 heavy (non-hydrogen) atoms. The number of hydrogen-bond acceptors (Lipinski definition) is 1. The van der Waals surface area contributed by atoms with E-state index in [2.05, 4.69) is 228 Å². The largest absolute Gasteiger partial charge is 0.374 e. The third kappa shape index (κ3) is 5.41. The molecule has 1 N–H and O–H groups in total. The fourth-order valence-corrected chi connectivity index (χ4v) is 9.63. The fraction of sp³-hybridized carbons (Fsp3) is 0.0175. The van der Waals surface area contributed by atoms with E-state index in [4.69, 9.17) is 0 Å². The summed E-state index contributed by atoms with van der Waals surface area (Å²) in [6, 6.07) is 75.4. The summed E-state index contributed by atoms with van der Waals surface area (Å²) in [4.78, 5) is 0. The van der Waals surface area contributed by atoms with Gasteiger partial charge in [0.2, 0.25) is 0 Å². The standard InChI is InChI=1S/C57H38N2/c1-3-15-37(16-4-1)43-34-52(58-53(35-43)42-32-27-38-17-7-8-18-41(38)33-42)40-30-28-39(29-31-40)50-36-51-46-22-10-12-24-48(46)57-56(55(51)47-23-11-9-21-45(47)50)49-25-13-14-26-54(49)59(57)44-19-5-2-6-20-44/h1-36,52,58H. The molecule has 1 aromatic heterocycles. The van der Waals surface area contributed by atoms with E-state index in [-0.39, 0.29) is 6.04 Å². The summed E-state index contributed by atoms with van der Waals surface area (Å²) in [5, 5.41) is 16.6. The number of nitrogens with one attached hydrogen (secondary N) is 1. The maximum absolute atomic E-state index is 3.91. The van der Waals surface area contributed by atoms with Crippen LogP contribution in [-0.4, -0.2) is 4.57 Å². The number of para-hydroxylation sites is 2. The lowest BCUT2D eigenvalue weighted by Crippen LogP contribution is -2.21. The van der Waals surface area contributed by atoms with Gasteiger partial charge in [-0.25, -0.2) is 0 Å². The Morgan fingerprint density at radius 2 is 1.03 bits per heavy atom. The number of nitrogens with zero attached hydrogens (tertiary/aromatic N) is 1. The molecule has 11 aromatic rings. The number of allylic oxidation sites excluding steroid dienone is 2. The summed E-state index contributed by atoms with van der Waals surface area (Å²) < 4.78 is 2.46. The summed E-state index contributed by atoms with van der Waals surface area (Å²) >= 11 is 0. The van der Waals surface area contributed by atoms with Gasteiger partial charge in [0.05, 0.1) is 17.1 Å². The highest BCUT2D eigenvalue weighted by Crippen LogP contribution is 2.47. The maximum Gasteiger partial charge on any atom is 0.0707 e. The van der Waals surface area contributed by atoms with Crippen LogP contribution in [0.4, 0.5) is 0 Å². The zero-order valence-corrected chi connectivity index (χ0v) is 32.3. The Balaban J connectivity index is 1.03. The van der Waals surface area contributed by atoms with Crippen LogP contribution in [0.1, 0.15) is 22.7 Å². The molecule has 10 aromatic carbocycles. The van der Waals surface area contributed by atoms with Gasteiger partial charge in [-0.1, -0.05) is 176 Å². The Morgan fingerprint density at radius 1 is 0.407 bits per heavy atom. The first-order valence-electron chi connectivity index (χ1n) is 20.5. The summed E-state index contributed by atoms with van der Waals surface area (Å²) in [6.07, 6.45) is 4.66. The van der Waals surface area contributed by atoms with Crippen molar-refractivity contribution in [2.24, 2.45) is 0 Å². The van der Waals surface area contributed by atoms with Crippen LogP contribution in [0, 0.1) is 0 Å². The van der Waals surface area contributed by atoms with E-state index in [0.717, 1.165) is 5.70 Å². The zero-order valence-electron chi connectivity index (χ0n) is 32.3. The molecule has 1 aliphatic rings. The van der Waals surface area contributed by atoms with Gasteiger partial charge in [0.1, 0.15) is 0 Å². The van der Waals surface area contributed by atoms with Crippen molar-refractivity contribution in [1.82, 2.24) is 9.88 Å². The first-order valence-corrected chi connectivity index (χ1v) is 20.5. The second-order valence-corrected chi connectivity index (χ2v) is 15.7. The highest BCUT2D eigenvalue weighted by atomic mass is 15.0. The third-order valence-corrected chi connectivity index (χ3v) is 12.4. The molecule has 0 bridgehead atoms. The van der Waals surface area contributed by atoms with E-state index in [9.17, 15) is 0 Å². The van der Waals surface area contributed by atoms with Crippen LogP contribution in [-0.2, 0) is 0 Å². The monoisotopic (exact) mass is 750 g/mol. The Kier molecular flexibility index (Phi) is 7.64. The minimum absolute atomic E-state index is 0.00164. The van der Waals surface area contributed by atoms with Crippen molar-refractivity contribution in [2.75, 3.05) is 0 Å². The second kappa shape index (κ2) is 13.5. The molecule has 0 spiro atoms. The van der Waals surface area contributed by atoms with Gasteiger partial charge in [-0.3, -0.25) is 0 Å². The molecule has 0 saturated carbocycles. The van der Waals surface area contributed by atoms with Crippen molar-refractivity contribution >= 4 is 76.2 Å². The number of dihydropyridines is 1. The maximum atomic E-state index is 3.91. The Morgan fingerprint density at radius 3 is 1.83 bits per heavy atom. The van der Waals surface area contributed by atoms with Crippen LogP contribution in [0.2, 0.25) is 0 Å². The minimum atomic E-state index is -0.00164. The van der Waals surface area contributed by atoms with Crippen LogP contribution in [0.3, 0.4) is 0 Å². The van der Waals surface area contributed by atoms with Crippen molar-refractivity contribution in [3.63, 3.8) is 0 Å². The SMILES string of the molecule is C1=C(c2ccccc2)C=C(c2ccc3ccccc3c2)NC1c1ccc(-c2cc3c4ccccc4c4c(c5ccccc5n4-c4ccccc4)c3c3ccccc23)cc1. The van der Waals surface area contributed by atoms with Gasteiger partial charge < -0.3 is 9.88 Å². The van der Waals surface area contributed by atoms with Crippen molar-refractivity contribution in [2.45, 2.75) is 6.04 Å². The van der Waals surface area contributed by atoms with E-state index < -0.39 is 0 Å². The summed E-state index contributed by atoms with van der Waals surface area (Å²) in [7, 11) is 0. The molecule has 12 rings (SSSR count). The minimum Gasteiger partial charge on any atom is -0.374 e. The van der Waals surface area contributed by atoms with E-state index in [1.807, 2.05) is 0 Å². The first-order chi connectivity index (χ1) is 29.3. The average molecular weight is 751 g/mol. The van der Waals surface area contributed by atoms with Crippen LogP contribution in [0.25, 0.3) is 93.0 Å². The number of aromatic nitrogens is 1. The van der Waals surface area contributed by atoms with E-state index in [0.29, 0.717) is 0 Å². The molecule has 2 heterocycles. The van der Waals surface area contributed by atoms with Gasteiger partial charge >= 0.3 is 0 Å². The quantitative estimate of drug-likeness (QED) is 0.173. The molecule has 0 saturated heterocycles. The van der Waals surface area contributed by atoms with Crippen molar-refractivity contribution in [1.29, 1.82) is 0 Å².